The number of hydrogen-bond donors (Lipinski definition) is 1. The molecule has 0 aromatic heterocycles. The van der Waals surface area contributed by atoms with Gasteiger partial charge in [-0.3, -0.25) is 4.79 Å². The molecule has 36 heavy (non-hydrogen) atoms. The third-order valence-electron chi connectivity index (χ3n) is 7.81. The summed E-state index contributed by atoms with van der Waals surface area (Å²) in [5, 5.41) is 11.0. The lowest BCUT2D eigenvalue weighted by Crippen LogP contribution is -2.30. The summed E-state index contributed by atoms with van der Waals surface area (Å²) in [7, 11) is 0. The maximum atomic E-state index is 13.3. The number of aliphatic hydroxyl groups is 1. The molecule has 1 heterocycles. The van der Waals surface area contributed by atoms with Crippen molar-refractivity contribution in [1.82, 2.24) is 0 Å². The molecule has 0 fully saturated rings. The van der Waals surface area contributed by atoms with Crippen LogP contribution in [0.1, 0.15) is 64.2 Å². The molecule has 188 valence electrons. The fourth-order valence-electron chi connectivity index (χ4n) is 5.31. The van der Waals surface area contributed by atoms with Crippen LogP contribution in [0.25, 0.3) is 0 Å². The van der Waals surface area contributed by atoms with Crippen LogP contribution in [0.4, 0.5) is 5.69 Å². The predicted molar refractivity (Wildman–Crippen MR) is 154 cm³/mol. The van der Waals surface area contributed by atoms with Gasteiger partial charge >= 0.3 is 0 Å². The molecule has 2 aliphatic rings. The van der Waals surface area contributed by atoms with E-state index in [0.717, 1.165) is 40.7 Å². The van der Waals surface area contributed by atoms with Gasteiger partial charge in [0.15, 0.2) is 0 Å². The van der Waals surface area contributed by atoms with Crippen LogP contribution in [0.2, 0.25) is 0 Å². The summed E-state index contributed by atoms with van der Waals surface area (Å²) in [4.78, 5) is 15.6. The van der Waals surface area contributed by atoms with Gasteiger partial charge in [0, 0.05) is 33.2 Å². The molecule has 2 aromatic carbocycles. The summed E-state index contributed by atoms with van der Waals surface area (Å²) in [5.41, 5.74) is 6.60. The molecule has 4 rings (SSSR count). The van der Waals surface area contributed by atoms with Crippen LogP contribution in [0.3, 0.4) is 0 Å². The van der Waals surface area contributed by atoms with Crippen LogP contribution in [0.5, 0.6) is 0 Å². The minimum atomic E-state index is -0.369. The highest BCUT2D eigenvalue weighted by atomic mass is 79.9. The molecule has 0 saturated carbocycles. The lowest BCUT2D eigenvalue weighted by atomic mass is 9.74. The van der Waals surface area contributed by atoms with Gasteiger partial charge in [-0.1, -0.05) is 87.8 Å². The van der Waals surface area contributed by atoms with Gasteiger partial charge in [-0.15, -0.1) is 0 Å². The lowest BCUT2D eigenvalue weighted by Gasteiger charge is -2.31. The number of hydrogen-bond acceptors (Lipinski definition) is 3. The molecule has 0 atom stereocenters. The normalized spacial score (nSPS) is 19.2. The van der Waals surface area contributed by atoms with E-state index < -0.39 is 0 Å². The molecule has 0 unspecified atom stereocenters. The predicted octanol–water partition coefficient (Wildman–Crippen LogP) is 8.39. The standard InChI is InChI=1S/C32H36BrNO2/c1-8-9-16-34-27-15-14-22(33)18-26(27)32(6,7)28(34)19-24-29(35)23(30(24)36)17-21(3)31(4,5)25-13-11-10-12-20(25)2/h10-15,17-19,35H,3,8-9,16H2,1-2,4-7H3/b23-17-,28-19-. The number of nitrogens with zero attached hydrogens (tertiary/aromatic N) is 1. The number of benzene rings is 2. The molecule has 2 aromatic rings. The number of unbranched alkanes of at least 4 members (excludes halogenated alkanes) is 1. The average molecular weight is 547 g/mol. The summed E-state index contributed by atoms with van der Waals surface area (Å²) >= 11 is 3.61. The Morgan fingerprint density at radius 1 is 1.19 bits per heavy atom. The van der Waals surface area contributed by atoms with Crippen molar-refractivity contribution in [2.45, 2.75) is 65.2 Å². The summed E-state index contributed by atoms with van der Waals surface area (Å²) in [5.74, 6) is -0.0808. The smallest absolute Gasteiger partial charge is 0.200 e. The van der Waals surface area contributed by atoms with Crippen LogP contribution in [-0.4, -0.2) is 17.4 Å². The highest BCUT2D eigenvalue weighted by Gasteiger charge is 2.42. The van der Waals surface area contributed by atoms with E-state index in [1.54, 1.807) is 6.08 Å². The van der Waals surface area contributed by atoms with Gasteiger partial charge < -0.3 is 10.0 Å². The van der Waals surface area contributed by atoms with Crippen molar-refractivity contribution in [3.63, 3.8) is 0 Å². The summed E-state index contributed by atoms with van der Waals surface area (Å²) in [6, 6.07) is 14.6. The van der Waals surface area contributed by atoms with Crippen LogP contribution in [0.15, 0.2) is 93.8 Å². The quantitative estimate of drug-likeness (QED) is 0.355. The lowest BCUT2D eigenvalue weighted by molar-refractivity contribution is -0.113. The fraction of sp³-hybridized carbons (Fsp3) is 0.344. The molecule has 1 N–H and O–H groups in total. The Kier molecular flexibility index (Phi) is 6.96. The van der Waals surface area contributed by atoms with E-state index in [4.69, 9.17) is 0 Å². The maximum absolute atomic E-state index is 13.3. The number of Topliss-reactive ketones (excluding diaryl/α,β-unsaturated/α-hetero) is 1. The zero-order valence-corrected chi connectivity index (χ0v) is 23.8. The highest BCUT2D eigenvalue weighted by Crippen LogP contribution is 2.50. The second-order valence-corrected chi connectivity index (χ2v) is 11.9. The van der Waals surface area contributed by atoms with Crippen LogP contribution in [0, 0.1) is 6.92 Å². The van der Waals surface area contributed by atoms with E-state index in [-0.39, 0.29) is 22.4 Å². The third-order valence-corrected chi connectivity index (χ3v) is 8.30. The number of carbonyl (C=O) groups is 1. The molecule has 0 spiro atoms. The first-order chi connectivity index (χ1) is 16.9. The third kappa shape index (κ3) is 4.30. The van der Waals surface area contributed by atoms with Gasteiger partial charge in [-0.05, 0) is 66.0 Å². The Balaban J connectivity index is 1.71. The number of aryl methyl sites for hydroxylation is 1. The molecule has 0 bridgehead atoms. The van der Waals surface area contributed by atoms with Crippen molar-refractivity contribution in [3.05, 3.63) is 111 Å². The molecule has 0 radical (unpaired) electrons. The van der Waals surface area contributed by atoms with E-state index in [9.17, 15) is 9.90 Å². The van der Waals surface area contributed by atoms with E-state index in [1.165, 1.54) is 16.8 Å². The van der Waals surface area contributed by atoms with E-state index in [0.29, 0.717) is 11.1 Å². The van der Waals surface area contributed by atoms with Gasteiger partial charge in [0.25, 0.3) is 0 Å². The van der Waals surface area contributed by atoms with Crippen LogP contribution < -0.4 is 4.90 Å². The molecule has 1 aliphatic heterocycles. The molecule has 3 nitrogen and oxygen atoms in total. The number of aliphatic hydroxyl groups excluding tert-OH is 1. The van der Waals surface area contributed by atoms with Crippen LogP contribution in [-0.2, 0) is 15.6 Å². The number of allylic oxidation sites excluding steroid dienone is 6. The summed E-state index contributed by atoms with van der Waals surface area (Å²) in [6.45, 7) is 18.0. The van der Waals surface area contributed by atoms with Crippen molar-refractivity contribution in [2.24, 2.45) is 0 Å². The Morgan fingerprint density at radius 2 is 1.89 bits per heavy atom. The average Bonchev–Trinajstić information content (AvgIpc) is 3.04. The van der Waals surface area contributed by atoms with Crippen LogP contribution >= 0.6 is 15.9 Å². The van der Waals surface area contributed by atoms with Gasteiger partial charge in [0.1, 0.15) is 5.76 Å². The first-order valence-corrected chi connectivity index (χ1v) is 13.5. The van der Waals surface area contributed by atoms with Crippen molar-refractivity contribution in [3.8, 4) is 0 Å². The Bertz CT molecular complexity index is 1340. The van der Waals surface area contributed by atoms with Gasteiger partial charge in [0.05, 0.1) is 11.1 Å². The summed E-state index contributed by atoms with van der Waals surface area (Å²) in [6.07, 6.45) is 5.77. The second kappa shape index (κ2) is 9.55. The Morgan fingerprint density at radius 3 is 2.53 bits per heavy atom. The number of halogens is 1. The minimum Gasteiger partial charge on any atom is -0.506 e. The molecule has 0 amide bonds. The van der Waals surface area contributed by atoms with Crippen molar-refractivity contribution >= 4 is 27.4 Å². The molecular weight excluding hydrogens is 510 g/mol. The van der Waals surface area contributed by atoms with Gasteiger partial charge in [-0.25, -0.2) is 0 Å². The number of fused-ring (bicyclic) bond motifs is 1. The Labute approximate surface area is 224 Å². The zero-order valence-electron chi connectivity index (χ0n) is 22.2. The van der Waals surface area contributed by atoms with Crippen molar-refractivity contribution in [2.75, 3.05) is 11.4 Å². The number of ketones is 1. The zero-order chi connectivity index (χ0) is 26.4. The first kappa shape index (κ1) is 26.2. The van der Waals surface area contributed by atoms with Crippen molar-refractivity contribution in [1.29, 1.82) is 0 Å². The topological polar surface area (TPSA) is 40.5 Å². The highest BCUT2D eigenvalue weighted by molar-refractivity contribution is 9.10. The monoisotopic (exact) mass is 545 g/mol. The van der Waals surface area contributed by atoms with Gasteiger partial charge in [0.2, 0.25) is 5.78 Å². The summed E-state index contributed by atoms with van der Waals surface area (Å²) < 4.78 is 1.03. The molecule has 0 saturated heterocycles. The second-order valence-electron chi connectivity index (χ2n) is 10.9. The largest absolute Gasteiger partial charge is 0.506 e. The van der Waals surface area contributed by atoms with Gasteiger partial charge in [-0.2, -0.15) is 0 Å². The SMILES string of the molecule is C=C(/C=C1\C(=O)C(/C=C2\N(CCCC)c3ccc(Br)cc3C2(C)C)=C1O)C(C)(C)c1ccccc1C. The minimum absolute atomic E-state index is 0.0533. The van der Waals surface area contributed by atoms with E-state index in [2.05, 4.69) is 99.3 Å². The number of rotatable bonds is 7. The van der Waals surface area contributed by atoms with E-state index in [1.807, 2.05) is 18.2 Å². The van der Waals surface area contributed by atoms with E-state index >= 15 is 0 Å². The Hall–Kier alpha value is -2.85. The fourth-order valence-corrected chi connectivity index (χ4v) is 5.67. The molecule has 4 heteroatoms. The maximum Gasteiger partial charge on any atom is 0.200 e. The van der Waals surface area contributed by atoms with Crippen molar-refractivity contribution < 1.29 is 9.90 Å². The first-order valence-electron chi connectivity index (χ1n) is 12.7. The number of anilines is 1. The number of carbonyl (C=O) groups excluding carboxylic acids is 1. The molecular formula is C32H36BrNO2. The molecule has 1 aliphatic carbocycles.